The second kappa shape index (κ2) is 11.2. The summed E-state index contributed by atoms with van der Waals surface area (Å²) in [5.74, 6) is 0.157. The highest BCUT2D eigenvalue weighted by atomic mass is 35.5. The van der Waals surface area contributed by atoms with Gasteiger partial charge in [-0.15, -0.1) is 0 Å². The smallest absolute Gasteiger partial charge is 0.308 e. The summed E-state index contributed by atoms with van der Waals surface area (Å²) in [5, 5.41) is 1.34. The Morgan fingerprint density at radius 1 is 0.806 bits per heavy atom. The van der Waals surface area contributed by atoms with E-state index in [1.807, 2.05) is 30.3 Å². The Morgan fingerprint density at radius 3 is 2.03 bits per heavy atom. The highest BCUT2D eigenvalue weighted by molar-refractivity contribution is 7.85. The zero-order chi connectivity index (χ0) is 25.8. The Kier molecular flexibility index (Phi) is 8.04. The Labute approximate surface area is 221 Å². The predicted molar refractivity (Wildman–Crippen MR) is 140 cm³/mol. The molecule has 0 spiro atoms. The number of benzene rings is 4. The number of fused-ring (bicyclic) bond motifs is 1. The van der Waals surface area contributed by atoms with Crippen molar-refractivity contribution in [2.45, 2.75) is 23.3 Å². The minimum Gasteiger partial charge on any atom is -0.490 e. The summed E-state index contributed by atoms with van der Waals surface area (Å²) >= 11 is 12.7. The molecule has 0 radical (unpaired) electrons. The van der Waals surface area contributed by atoms with E-state index in [1.54, 1.807) is 36.4 Å². The first-order valence-electron chi connectivity index (χ1n) is 10.8. The maximum Gasteiger partial charge on any atom is 0.308 e. The first kappa shape index (κ1) is 25.8. The van der Waals surface area contributed by atoms with Gasteiger partial charge in [-0.3, -0.25) is 4.79 Å². The van der Waals surface area contributed by atoms with E-state index < -0.39 is 16.8 Å². The highest BCUT2D eigenvalue weighted by Gasteiger charge is 2.29. The molecule has 0 aromatic heterocycles. The molecule has 36 heavy (non-hydrogen) atoms. The fraction of sp³-hybridized carbons (Fsp3) is 0.148. The molecule has 0 aliphatic carbocycles. The van der Waals surface area contributed by atoms with Crippen LogP contribution in [0.1, 0.15) is 12.5 Å². The second-order valence-corrected chi connectivity index (χ2v) is 9.79. The van der Waals surface area contributed by atoms with Crippen LogP contribution >= 0.6 is 23.2 Å². The third kappa shape index (κ3) is 5.00. The van der Waals surface area contributed by atoms with Crippen molar-refractivity contribution in [2.75, 3.05) is 14.2 Å². The normalized spacial score (nSPS) is 11.7. The Hall–Kier alpha value is -3.26. The Balaban J connectivity index is 2.03. The minimum atomic E-state index is -1.84. The summed E-state index contributed by atoms with van der Waals surface area (Å²) in [6, 6.07) is 19.6. The van der Waals surface area contributed by atoms with Crippen molar-refractivity contribution < 1.29 is 28.0 Å². The number of carbonyl (C=O) groups is 1. The van der Waals surface area contributed by atoms with Crippen LogP contribution in [0, 0.1) is 0 Å². The zero-order valence-electron chi connectivity index (χ0n) is 19.7. The van der Waals surface area contributed by atoms with Crippen molar-refractivity contribution in [1.82, 2.24) is 0 Å². The molecule has 0 saturated heterocycles. The molecule has 0 bridgehead atoms. The van der Waals surface area contributed by atoms with Gasteiger partial charge in [0.1, 0.15) is 6.61 Å². The van der Waals surface area contributed by atoms with Crippen molar-refractivity contribution in [3.05, 3.63) is 82.3 Å². The molecule has 1 atom stereocenters. The van der Waals surface area contributed by atoms with E-state index in [1.165, 1.54) is 21.1 Å². The quantitative estimate of drug-likeness (QED) is 0.179. The molecular weight excluding hydrogens is 523 g/mol. The number of carbonyl (C=O) groups excluding carboxylic acids is 1. The van der Waals surface area contributed by atoms with Gasteiger partial charge < -0.3 is 18.9 Å². The summed E-state index contributed by atoms with van der Waals surface area (Å²) in [5.41, 5.74) is 0.929. The molecule has 186 valence electrons. The van der Waals surface area contributed by atoms with E-state index in [0.717, 1.165) is 5.56 Å². The van der Waals surface area contributed by atoms with Crippen LogP contribution in [0.4, 0.5) is 0 Å². The van der Waals surface area contributed by atoms with E-state index in [2.05, 4.69) is 0 Å². The number of hydrogen-bond acceptors (Lipinski definition) is 6. The maximum atomic E-state index is 13.9. The molecule has 4 rings (SSSR count). The molecular formula is C27H22Cl2O6S. The van der Waals surface area contributed by atoms with Crippen LogP contribution in [-0.4, -0.2) is 24.4 Å². The largest absolute Gasteiger partial charge is 0.490 e. The van der Waals surface area contributed by atoms with Crippen molar-refractivity contribution in [1.29, 1.82) is 0 Å². The molecule has 0 aliphatic rings. The number of halogens is 2. The fourth-order valence-corrected chi connectivity index (χ4v) is 5.92. The summed E-state index contributed by atoms with van der Waals surface area (Å²) in [6.45, 7) is 1.49. The average Bonchev–Trinajstić information content (AvgIpc) is 2.87. The molecule has 0 saturated carbocycles. The van der Waals surface area contributed by atoms with Crippen LogP contribution in [0.5, 0.6) is 23.0 Å². The lowest BCUT2D eigenvalue weighted by atomic mass is 10.1. The minimum absolute atomic E-state index is 0.0519. The molecule has 0 aliphatic heterocycles. The summed E-state index contributed by atoms with van der Waals surface area (Å²) in [6.07, 6.45) is 0. The van der Waals surface area contributed by atoms with Gasteiger partial charge in [-0.25, -0.2) is 4.21 Å². The van der Waals surface area contributed by atoms with Crippen molar-refractivity contribution in [2.24, 2.45) is 0 Å². The molecule has 0 heterocycles. The Bertz CT molecular complexity index is 1440. The zero-order valence-corrected chi connectivity index (χ0v) is 22.0. The SMILES string of the molecule is COc1c(OC)c(OC(C)=O)c2c(S(=O)c3c(Cl)cccc3Cl)cccc2c1OCc1ccccc1. The number of methoxy groups -OCH3 is 2. The van der Waals surface area contributed by atoms with E-state index in [9.17, 15) is 9.00 Å². The maximum absolute atomic E-state index is 13.9. The lowest BCUT2D eigenvalue weighted by Gasteiger charge is -2.21. The third-order valence-electron chi connectivity index (χ3n) is 5.30. The Morgan fingerprint density at radius 2 is 1.42 bits per heavy atom. The molecule has 6 nitrogen and oxygen atoms in total. The van der Waals surface area contributed by atoms with Gasteiger partial charge in [-0.2, -0.15) is 0 Å². The third-order valence-corrected chi connectivity index (χ3v) is 7.71. The monoisotopic (exact) mass is 544 g/mol. The van der Waals surface area contributed by atoms with E-state index in [4.69, 9.17) is 42.1 Å². The van der Waals surface area contributed by atoms with Crippen molar-refractivity contribution in [3.8, 4) is 23.0 Å². The van der Waals surface area contributed by atoms with E-state index in [-0.39, 0.29) is 38.8 Å². The second-order valence-electron chi connectivity index (χ2n) is 7.59. The number of esters is 1. The van der Waals surface area contributed by atoms with Crippen LogP contribution in [-0.2, 0) is 22.2 Å². The van der Waals surface area contributed by atoms with E-state index >= 15 is 0 Å². The fourth-order valence-electron chi connectivity index (χ4n) is 3.81. The highest BCUT2D eigenvalue weighted by Crippen LogP contribution is 2.53. The average molecular weight is 545 g/mol. The molecule has 0 fully saturated rings. The molecule has 9 heteroatoms. The molecule has 1 unspecified atom stereocenters. The standard InChI is InChI=1S/C27H22Cl2O6S/c1-16(30)35-24-22-18(11-7-14-21(22)36(31)27-19(28)12-8-13-20(27)29)23(25(32-2)26(24)33-3)34-15-17-9-5-4-6-10-17/h4-14H,15H2,1-3H3. The number of hydrogen-bond donors (Lipinski definition) is 0. The van der Waals surface area contributed by atoms with Gasteiger partial charge in [0.25, 0.3) is 0 Å². The van der Waals surface area contributed by atoms with Gasteiger partial charge in [0.2, 0.25) is 11.5 Å². The van der Waals surface area contributed by atoms with Gasteiger partial charge in [0.15, 0.2) is 11.5 Å². The van der Waals surface area contributed by atoms with Crippen LogP contribution < -0.4 is 18.9 Å². The number of rotatable bonds is 8. The van der Waals surface area contributed by atoms with Gasteiger partial charge in [0, 0.05) is 17.7 Å². The van der Waals surface area contributed by atoms with Gasteiger partial charge >= 0.3 is 5.97 Å². The van der Waals surface area contributed by atoms with Crippen LogP contribution in [0.3, 0.4) is 0 Å². The topological polar surface area (TPSA) is 71.1 Å². The molecule has 4 aromatic carbocycles. The van der Waals surface area contributed by atoms with Crippen LogP contribution in [0.15, 0.2) is 76.5 Å². The molecule has 4 aromatic rings. The molecule has 0 amide bonds. The lowest BCUT2D eigenvalue weighted by Crippen LogP contribution is -2.08. The first-order valence-corrected chi connectivity index (χ1v) is 12.7. The lowest BCUT2D eigenvalue weighted by molar-refractivity contribution is -0.131. The predicted octanol–water partition coefficient (Wildman–Crippen LogP) is 6.83. The van der Waals surface area contributed by atoms with Crippen molar-refractivity contribution in [3.63, 3.8) is 0 Å². The van der Waals surface area contributed by atoms with Crippen LogP contribution in [0.2, 0.25) is 10.0 Å². The summed E-state index contributed by atoms with van der Waals surface area (Å²) in [4.78, 5) is 12.7. The summed E-state index contributed by atoms with van der Waals surface area (Å²) < 4.78 is 37.0. The van der Waals surface area contributed by atoms with Gasteiger partial charge in [-0.05, 0) is 23.8 Å². The van der Waals surface area contributed by atoms with Gasteiger partial charge in [-0.1, -0.05) is 71.7 Å². The van der Waals surface area contributed by atoms with Crippen molar-refractivity contribution >= 4 is 50.7 Å². The first-order chi connectivity index (χ1) is 17.4. The van der Waals surface area contributed by atoms with Gasteiger partial charge in [0.05, 0.1) is 44.9 Å². The van der Waals surface area contributed by atoms with E-state index in [0.29, 0.717) is 21.4 Å². The summed E-state index contributed by atoms with van der Waals surface area (Å²) in [7, 11) is 1.04. The molecule has 0 N–H and O–H groups in total. The van der Waals surface area contributed by atoms with Crippen LogP contribution in [0.25, 0.3) is 10.8 Å². The number of ether oxygens (including phenoxy) is 4.